The predicted molar refractivity (Wildman–Crippen MR) is 126 cm³/mol. The highest BCUT2D eigenvalue weighted by atomic mass is 35.5. The van der Waals surface area contributed by atoms with Gasteiger partial charge in [-0.15, -0.1) is 0 Å². The van der Waals surface area contributed by atoms with E-state index in [1.54, 1.807) is 79.9 Å². The average Bonchev–Trinajstić information content (AvgIpc) is 2.79. The summed E-state index contributed by atoms with van der Waals surface area (Å²) in [6.07, 6.45) is 1.57. The molecule has 0 atom stereocenters. The van der Waals surface area contributed by atoms with Gasteiger partial charge in [0.05, 0.1) is 13.7 Å². The first-order chi connectivity index (χ1) is 15.5. The fourth-order valence-electron chi connectivity index (χ4n) is 2.93. The van der Waals surface area contributed by atoms with Gasteiger partial charge in [0, 0.05) is 16.3 Å². The van der Waals surface area contributed by atoms with Gasteiger partial charge in [0.25, 0.3) is 11.8 Å². The normalized spacial score (nSPS) is 10.9. The van der Waals surface area contributed by atoms with Crippen molar-refractivity contribution in [1.82, 2.24) is 5.32 Å². The third-order valence-corrected chi connectivity index (χ3v) is 4.64. The van der Waals surface area contributed by atoms with E-state index in [0.717, 1.165) is 0 Å². The van der Waals surface area contributed by atoms with E-state index < -0.39 is 11.8 Å². The zero-order valence-corrected chi connectivity index (χ0v) is 18.5. The molecule has 0 aromatic heterocycles. The second-order valence-electron chi connectivity index (χ2n) is 6.69. The van der Waals surface area contributed by atoms with Crippen molar-refractivity contribution in [3.63, 3.8) is 0 Å². The lowest BCUT2D eigenvalue weighted by molar-refractivity contribution is -0.113. The van der Waals surface area contributed by atoms with E-state index in [9.17, 15) is 9.59 Å². The standard InChI is InChI=1S/C25H23ClN2O4/c1-3-32-23-15-17(12-13-22(23)31-2)14-21(28-24(29)18-8-5-4-6-9-18)25(30)27-20-11-7-10-19(26)16-20/h4-16H,3H2,1-2H3,(H,27,30)(H,28,29). The largest absolute Gasteiger partial charge is 0.493 e. The Morgan fingerprint density at radius 1 is 0.969 bits per heavy atom. The van der Waals surface area contributed by atoms with Crippen LogP contribution < -0.4 is 20.1 Å². The molecule has 0 aliphatic rings. The summed E-state index contributed by atoms with van der Waals surface area (Å²) in [5.41, 5.74) is 1.65. The molecule has 0 saturated heterocycles. The Kier molecular flexibility index (Phi) is 7.89. The van der Waals surface area contributed by atoms with Gasteiger partial charge in [0.1, 0.15) is 5.70 Å². The van der Waals surface area contributed by atoms with E-state index in [-0.39, 0.29) is 5.70 Å². The lowest BCUT2D eigenvalue weighted by Gasteiger charge is -2.13. The summed E-state index contributed by atoms with van der Waals surface area (Å²) < 4.78 is 10.9. The molecule has 0 saturated carbocycles. The highest BCUT2D eigenvalue weighted by Crippen LogP contribution is 2.29. The van der Waals surface area contributed by atoms with E-state index >= 15 is 0 Å². The minimum Gasteiger partial charge on any atom is -0.493 e. The molecule has 3 aromatic carbocycles. The molecule has 0 fully saturated rings. The molecule has 0 aliphatic carbocycles. The molecule has 3 aromatic rings. The number of methoxy groups -OCH3 is 1. The third-order valence-electron chi connectivity index (χ3n) is 4.41. The molecule has 164 valence electrons. The Bertz CT molecular complexity index is 1130. The van der Waals surface area contributed by atoms with Crippen LogP contribution >= 0.6 is 11.6 Å². The highest BCUT2D eigenvalue weighted by molar-refractivity contribution is 6.31. The van der Waals surface area contributed by atoms with Crippen LogP contribution in [-0.4, -0.2) is 25.5 Å². The molecule has 0 spiro atoms. The molecular weight excluding hydrogens is 428 g/mol. The van der Waals surface area contributed by atoms with Gasteiger partial charge in [-0.05, 0) is 61.0 Å². The van der Waals surface area contributed by atoms with Gasteiger partial charge in [-0.2, -0.15) is 0 Å². The minimum absolute atomic E-state index is 0.0615. The maximum absolute atomic E-state index is 13.0. The number of halogens is 1. The van der Waals surface area contributed by atoms with Gasteiger partial charge in [-0.1, -0.05) is 41.9 Å². The Hall–Kier alpha value is -3.77. The van der Waals surface area contributed by atoms with Crippen LogP contribution in [0.5, 0.6) is 11.5 Å². The van der Waals surface area contributed by atoms with Crippen molar-refractivity contribution < 1.29 is 19.1 Å². The first-order valence-electron chi connectivity index (χ1n) is 9.96. The van der Waals surface area contributed by atoms with Crippen LogP contribution in [0.4, 0.5) is 5.69 Å². The molecule has 32 heavy (non-hydrogen) atoms. The van der Waals surface area contributed by atoms with Gasteiger partial charge in [-0.25, -0.2) is 0 Å². The van der Waals surface area contributed by atoms with E-state index in [4.69, 9.17) is 21.1 Å². The lowest BCUT2D eigenvalue weighted by atomic mass is 10.1. The summed E-state index contributed by atoms with van der Waals surface area (Å²) in [5, 5.41) is 5.95. The molecule has 0 radical (unpaired) electrons. The highest BCUT2D eigenvalue weighted by Gasteiger charge is 2.16. The van der Waals surface area contributed by atoms with Crippen LogP contribution in [-0.2, 0) is 4.79 Å². The molecule has 0 bridgehead atoms. The van der Waals surface area contributed by atoms with Crippen molar-refractivity contribution in [2.45, 2.75) is 6.92 Å². The first-order valence-corrected chi connectivity index (χ1v) is 10.3. The van der Waals surface area contributed by atoms with Crippen molar-refractivity contribution in [3.8, 4) is 11.5 Å². The molecule has 0 aliphatic heterocycles. The number of hydrogen-bond donors (Lipinski definition) is 2. The van der Waals surface area contributed by atoms with Crippen LogP contribution in [0.3, 0.4) is 0 Å². The second-order valence-corrected chi connectivity index (χ2v) is 7.12. The zero-order chi connectivity index (χ0) is 22.9. The molecule has 3 rings (SSSR count). The summed E-state index contributed by atoms with van der Waals surface area (Å²) in [4.78, 5) is 25.8. The first kappa shape index (κ1) is 22.9. The molecule has 7 heteroatoms. The van der Waals surface area contributed by atoms with Gasteiger partial charge < -0.3 is 20.1 Å². The molecule has 6 nitrogen and oxygen atoms in total. The monoisotopic (exact) mass is 450 g/mol. The fraction of sp³-hybridized carbons (Fsp3) is 0.120. The Labute approximate surface area is 191 Å². The fourth-order valence-corrected chi connectivity index (χ4v) is 3.12. The Morgan fingerprint density at radius 3 is 2.44 bits per heavy atom. The van der Waals surface area contributed by atoms with Crippen LogP contribution in [0.2, 0.25) is 5.02 Å². The number of carbonyl (C=O) groups is 2. The minimum atomic E-state index is -0.495. The van der Waals surface area contributed by atoms with Crippen LogP contribution in [0.25, 0.3) is 6.08 Å². The van der Waals surface area contributed by atoms with Crippen molar-refractivity contribution in [3.05, 3.63) is 94.6 Å². The lowest BCUT2D eigenvalue weighted by Crippen LogP contribution is -2.30. The van der Waals surface area contributed by atoms with Crippen molar-refractivity contribution >= 4 is 35.2 Å². The third kappa shape index (κ3) is 6.12. The molecule has 2 amide bonds. The summed E-state index contributed by atoms with van der Waals surface area (Å²) in [6, 6.07) is 20.7. The van der Waals surface area contributed by atoms with Gasteiger partial charge in [0.15, 0.2) is 11.5 Å². The number of nitrogens with one attached hydrogen (secondary N) is 2. The van der Waals surface area contributed by atoms with Crippen LogP contribution in [0, 0.1) is 0 Å². The van der Waals surface area contributed by atoms with Gasteiger partial charge in [0.2, 0.25) is 0 Å². The quantitative estimate of drug-likeness (QED) is 0.465. The molecule has 0 unspecified atom stereocenters. The molecule has 2 N–H and O–H groups in total. The van der Waals surface area contributed by atoms with E-state index in [1.807, 2.05) is 13.0 Å². The van der Waals surface area contributed by atoms with Crippen molar-refractivity contribution in [2.75, 3.05) is 19.0 Å². The van der Waals surface area contributed by atoms with Crippen molar-refractivity contribution in [1.29, 1.82) is 0 Å². The predicted octanol–water partition coefficient (Wildman–Crippen LogP) is 5.16. The Balaban J connectivity index is 1.94. The summed E-state index contributed by atoms with van der Waals surface area (Å²) in [5.74, 6) is 0.206. The van der Waals surface area contributed by atoms with E-state index in [0.29, 0.717) is 39.9 Å². The second kappa shape index (κ2) is 11.0. The number of rotatable bonds is 8. The SMILES string of the molecule is CCOc1cc(C=C(NC(=O)c2ccccc2)C(=O)Nc2cccc(Cl)c2)ccc1OC. The molecule has 0 heterocycles. The summed E-state index contributed by atoms with van der Waals surface area (Å²) in [7, 11) is 1.55. The number of hydrogen-bond acceptors (Lipinski definition) is 4. The van der Waals surface area contributed by atoms with Crippen LogP contribution in [0.15, 0.2) is 78.5 Å². The number of amides is 2. The maximum Gasteiger partial charge on any atom is 0.272 e. The smallest absolute Gasteiger partial charge is 0.272 e. The molecular formula is C25H23ClN2O4. The number of anilines is 1. The van der Waals surface area contributed by atoms with Crippen LogP contribution in [0.1, 0.15) is 22.8 Å². The topological polar surface area (TPSA) is 76.7 Å². The summed E-state index contributed by atoms with van der Waals surface area (Å²) >= 11 is 6.02. The Morgan fingerprint density at radius 2 is 1.75 bits per heavy atom. The number of benzene rings is 3. The van der Waals surface area contributed by atoms with Crippen molar-refractivity contribution in [2.24, 2.45) is 0 Å². The van der Waals surface area contributed by atoms with Gasteiger partial charge in [-0.3, -0.25) is 9.59 Å². The van der Waals surface area contributed by atoms with E-state index in [1.165, 1.54) is 0 Å². The summed E-state index contributed by atoms with van der Waals surface area (Å²) in [6.45, 7) is 2.32. The average molecular weight is 451 g/mol. The van der Waals surface area contributed by atoms with Gasteiger partial charge >= 0.3 is 0 Å². The maximum atomic E-state index is 13.0. The number of carbonyl (C=O) groups excluding carboxylic acids is 2. The number of ether oxygens (including phenoxy) is 2. The van der Waals surface area contributed by atoms with E-state index in [2.05, 4.69) is 10.6 Å². The zero-order valence-electron chi connectivity index (χ0n) is 17.7.